The van der Waals surface area contributed by atoms with Crippen LogP contribution in [0.1, 0.15) is 31.3 Å². The highest BCUT2D eigenvalue weighted by Crippen LogP contribution is 2.45. The molecule has 1 atom stereocenters. The Labute approximate surface area is 206 Å². The van der Waals surface area contributed by atoms with Gasteiger partial charge in [-0.2, -0.15) is 0 Å². The number of aromatic nitrogens is 5. The zero-order valence-corrected chi connectivity index (χ0v) is 20.1. The first-order valence-electron chi connectivity index (χ1n) is 11.5. The zero-order chi connectivity index (χ0) is 24.3. The van der Waals surface area contributed by atoms with E-state index in [1.54, 1.807) is 11.8 Å². The maximum absolute atomic E-state index is 14.1. The number of anilines is 2. The normalized spacial score (nSPS) is 20.0. The Morgan fingerprint density at radius 1 is 1.23 bits per heavy atom. The largest absolute Gasteiger partial charge is 0.450 e. The highest BCUT2D eigenvalue weighted by atomic mass is 35.5. The van der Waals surface area contributed by atoms with Crippen molar-refractivity contribution in [3.63, 3.8) is 0 Å². The van der Waals surface area contributed by atoms with E-state index >= 15 is 0 Å². The number of halogens is 2. The summed E-state index contributed by atoms with van der Waals surface area (Å²) in [7, 11) is 0. The van der Waals surface area contributed by atoms with Gasteiger partial charge in [-0.3, -0.25) is 9.47 Å². The summed E-state index contributed by atoms with van der Waals surface area (Å²) in [6.45, 7) is 7.32. The van der Waals surface area contributed by atoms with Gasteiger partial charge in [0.1, 0.15) is 6.33 Å². The molecule has 2 saturated heterocycles. The highest BCUT2D eigenvalue weighted by Gasteiger charge is 2.54. The minimum absolute atomic E-state index is 0.0555. The van der Waals surface area contributed by atoms with Crippen molar-refractivity contribution in [3.05, 3.63) is 53.0 Å². The summed E-state index contributed by atoms with van der Waals surface area (Å²) in [5, 5.41) is 9.60. The van der Waals surface area contributed by atoms with Gasteiger partial charge in [0.15, 0.2) is 17.5 Å². The van der Waals surface area contributed by atoms with Crippen molar-refractivity contribution in [1.29, 1.82) is 0 Å². The summed E-state index contributed by atoms with van der Waals surface area (Å²) >= 11 is 6.31. The number of hydrogen-bond donors (Lipinski definition) is 0. The van der Waals surface area contributed by atoms with Crippen LogP contribution in [-0.2, 0) is 11.3 Å². The molecule has 0 radical (unpaired) electrons. The van der Waals surface area contributed by atoms with E-state index in [9.17, 15) is 9.18 Å². The number of fused-ring (bicyclic) bond motifs is 3. The van der Waals surface area contributed by atoms with Crippen LogP contribution in [-0.4, -0.2) is 68.5 Å². The first-order valence-corrected chi connectivity index (χ1v) is 11.9. The molecule has 3 aliphatic heterocycles. The number of amides is 1. The maximum Gasteiger partial charge on any atom is 0.410 e. The van der Waals surface area contributed by atoms with Gasteiger partial charge in [0.05, 0.1) is 31.1 Å². The molecule has 3 aromatic rings. The van der Waals surface area contributed by atoms with Gasteiger partial charge in [-0.1, -0.05) is 11.6 Å². The van der Waals surface area contributed by atoms with E-state index in [4.69, 9.17) is 16.3 Å². The molecule has 10 nitrogen and oxygen atoms in total. The molecule has 0 aliphatic carbocycles. The molecule has 1 aromatic carbocycles. The molecule has 6 rings (SSSR count). The van der Waals surface area contributed by atoms with Crippen LogP contribution in [0.15, 0.2) is 30.7 Å². The van der Waals surface area contributed by atoms with Crippen molar-refractivity contribution < 1.29 is 13.9 Å². The Kier molecular flexibility index (Phi) is 5.06. The van der Waals surface area contributed by atoms with Gasteiger partial charge in [-0.15, -0.1) is 10.2 Å². The molecule has 2 aromatic heterocycles. The van der Waals surface area contributed by atoms with Crippen molar-refractivity contribution in [2.45, 2.75) is 26.4 Å². The summed E-state index contributed by atoms with van der Waals surface area (Å²) in [6, 6.07) is 5.29. The number of hydrogen-bond acceptors (Lipinski definition) is 8. The summed E-state index contributed by atoms with van der Waals surface area (Å²) in [5.74, 6) is 1.32. The Bertz CT molecular complexity index is 1300. The Morgan fingerprint density at radius 2 is 2.00 bits per heavy atom. The van der Waals surface area contributed by atoms with Crippen LogP contribution in [0.5, 0.6) is 0 Å². The monoisotopic (exact) mass is 498 g/mol. The average molecular weight is 499 g/mol. The Balaban J connectivity index is 1.28. The van der Waals surface area contributed by atoms with Gasteiger partial charge in [0.2, 0.25) is 5.95 Å². The van der Waals surface area contributed by atoms with Gasteiger partial charge < -0.3 is 14.5 Å². The fraction of sp³-hybridized carbons (Fsp3) is 0.435. The number of carbonyl (C=O) groups is 1. The summed E-state index contributed by atoms with van der Waals surface area (Å²) < 4.78 is 21.4. The molecule has 182 valence electrons. The van der Waals surface area contributed by atoms with Gasteiger partial charge >= 0.3 is 6.09 Å². The van der Waals surface area contributed by atoms with Gasteiger partial charge in [0.25, 0.3) is 0 Å². The van der Waals surface area contributed by atoms with Crippen molar-refractivity contribution >= 4 is 29.5 Å². The summed E-state index contributed by atoms with van der Waals surface area (Å²) in [6.07, 6.45) is 2.15. The molecule has 35 heavy (non-hydrogen) atoms. The number of carbonyl (C=O) groups excluding carboxylic acids is 1. The second kappa shape index (κ2) is 8.04. The molecule has 1 amide bonds. The predicted octanol–water partition coefficient (Wildman–Crippen LogP) is 3.21. The quantitative estimate of drug-likeness (QED) is 0.543. The lowest BCUT2D eigenvalue weighted by molar-refractivity contribution is 0.0888. The van der Waals surface area contributed by atoms with Crippen molar-refractivity contribution in [2.24, 2.45) is 5.41 Å². The molecule has 0 N–H and O–H groups in total. The Morgan fingerprint density at radius 3 is 2.74 bits per heavy atom. The van der Waals surface area contributed by atoms with Crippen molar-refractivity contribution in [2.75, 3.05) is 42.6 Å². The van der Waals surface area contributed by atoms with E-state index in [1.807, 2.05) is 34.6 Å². The van der Waals surface area contributed by atoms with Crippen molar-refractivity contribution in [1.82, 2.24) is 29.6 Å². The third-order valence-corrected chi connectivity index (χ3v) is 7.21. The van der Waals surface area contributed by atoms with E-state index in [0.29, 0.717) is 23.2 Å². The second-order valence-corrected chi connectivity index (χ2v) is 9.81. The number of benzene rings is 1. The molecule has 0 saturated carbocycles. The van der Waals surface area contributed by atoms with Crippen LogP contribution in [0.4, 0.5) is 21.0 Å². The van der Waals surface area contributed by atoms with Crippen LogP contribution in [0.2, 0.25) is 5.02 Å². The van der Waals surface area contributed by atoms with Crippen LogP contribution in [0.25, 0.3) is 5.69 Å². The number of rotatable bonds is 3. The fourth-order valence-electron chi connectivity index (χ4n) is 5.34. The van der Waals surface area contributed by atoms with Crippen molar-refractivity contribution in [3.8, 4) is 5.69 Å². The lowest BCUT2D eigenvalue weighted by Crippen LogP contribution is -2.73. The second-order valence-electron chi connectivity index (χ2n) is 9.38. The third kappa shape index (κ3) is 3.48. The fourth-order valence-corrected chi connectivity index (χ4v) is 5.53. The topological polar surface area (TPSA) is 92.5 Å². The molecular weight excluding hydrogens is 475 g/mol. The van der Waals surface area contributed by atoms with Crippen LogP contribution >= 0.6 is 11.6 Å². The third-order valence-electron chi connectivity index (χ3n) is 6.97. The zero-order valence-electron chi connectivity index (χ0n) is 19.4. The predicted molar refractivity (Wildman–Crippen MR) is 126 cm³/mol. The molecule has 1 spiro atoms. The summed E-state index contributed by atoms with van der Waals surface area (Å²) in [5.41, 5.74) is 1.84. The SMILES string of the molecule is CCOC(=O)N1Cc2cc(Cl)ccc2-n2c(nnc2N2CC3(CN(c4ncncc4F)C3)C2)C1C. The molecule has 5 heterocycles. The molecular formula is C23H24ClFN8O2. The first-order chi connectivity index (χ1) is 16.9. The van der Waals surface area contributed by atoms with E-state index in [0.717, 1.165) is 43.4 Å². The van der Waals surface area contributed by atoms with E-state index < -0.39 is 11.9 Å². The number of ether oxygens (including phenoxy) is 1. The smallest absolute Gasteiger partial charge is 0.410 e. The highest BCUT2D eigenvalue weighted by molar-refractivity contribution is 6.30. The van der Waals surface area contributed by atoms with Gasteiger partial charge in [-0.25, -0.2) is 19.2 Å². The van der Waals surface area contributed by atoms with Crippen LogP contribution in [0, 0.1) is 11.2 Å². The standard InChI is InChI=1S/C23H24ClFN8O2/c1-3-35-22(34)32-8-15-6-16(24)4-5-18(15)33-19(14(32)2)28-29-21(33)31-11-23(12-31)9-30(10-23)20-17(25)7-26-13-27-20/h4-7,13-14H,3,8-12H2,1-2H3. The molecule has 2 fully saturated rings. The number of nitrogens with zero attached hydrogens (tertiary/aromatic N) is 8. The average Bonchev–Trinajstić information content (AvgIpc) is 3.16. The summed E-state index contributed by atoms with van der Waals surface area (Å²) in [4.78, 5) is 26.3. The van der Waals surface area contributed by atoms with E-state index in [-0.39, 0.29) is 18.1 Å². The lowest BCUT2D eigenvalue weighted by Gasteiger charge is -2.60. The molecule has 1 unspecified atom stereocenters. The minimum atomic E-state index is -0.406. The molecule has 0 bridgehead atoms. The lowest BCUT2D eigenvalue weighted by atomic mass is 9.73. The molecule has 3 aliphatic rings. The molecule has 12 heteroatoms. The van der Waals surface area contributed by atoms with E-state index in [2.05, 4.69) is 25.1 Å². The minimum Gasteiger partial charge on any atom is -0.450 e. The Hall–Kier alpha value is -3.47. The maximum atomic E-state index is 14.1. The van der Waals surface area contributed by atoms with Gasteiger partial charge in [-0.05, 0) is 37.6 Å². The van der Waals surface area contributed by atoms with E-state index in [1.165, 1.54) is 12.5 Å². The van der Waals surface area contributed by atoms with Crippen LogP contribution in [0.3, 0.4) is 0 Å². The van der Waals surface area contributed by atoms with Crippen LogP contribution < -0.4 is 9.80 Å². The first kappa shape index (κ1) is 22.0. The van der Waals surface area contributed by atoms with Gasteiger partial charge in [0, 0.05) is 36.6 Å².